The highest BCUT2D eigenvalue weighted by atomic mass is 32.1. The Morgan fingerprint density at radius 1 is 0.306 bits per heavy atom. The van der Waals surface area contributed by atoms with E-state index >= 15 is 0 Å². The van der Waals surface area contributed by atoms with Crippen molar-refractivity contribution < 1.29 is 0 Å². The summed E-state index contributed by atoms with van der Waals surface area (Å²) in [6.45, 7) is 0. The summed E-state index contributed by atoms with van der Waals surface area (Å²) in [5, 5.41) is 5.09. The van der Waals surface area contributed by atoms with Gasteiger partial charge in [0.1, 0.15) is 0 Å². The number of hydrogen-bond acceptors (Lipinski definition) is 4. The van der Waals surface area contributed by atoms with Crippen LogP contribution in [0.2, 0.25) is 0 Å². The van der Waals surface area contributed by atoms with Crippen molar-refractivity contribution in [3.63, 3.8) is 0 Å². The lowest BCUT2D eigenvalue weighted by Crippen LogP contribution is -2.04. The highest BCUT2D eigenvalue weighted by Gasteiger charge is 2.24. The first-order valence-corrected chi connectivity index (χ1v) is 21.7. The number of para-hydroxylation sites is 1. The van der Waals surface area contributed by atoms with Gasteiger partial charge in [0.05, 0.1) is 16.7 Å². The first kappa shape index (κ1) is 35.9. The summed E-state index contributed by atoms with van der Waals surface area (Å²) < 4.78 is 5.08. The second-order valence-corrected chi connectivity index (χ2v) is 16.6. The minimum atomic E-state index is 0.607. The van der Waals surface area contributed by atoms with Gasteiger partial charge in [-0.1, -0.05) is 182 Å². The van der Waals surface area contributed by atoms with E-state index in [1.54, 1.807) is 0 Å². The van der Waals surface area contributed by atoms with Crippen LogP contribution in [0.25, 0.3) is 115 Å². The number of thiophene rings is 1. The van der Waals surface area contributed by atoms with Crippen molar-refractivity contribution in [3.05, 3.63) is 218 Å². The molecule has 5 heteroatoms. The van der Waals surface area contributed by atoms with Crippen molar-refractivity contribution >= 4 is 53.3 Å². The Morgan fingerprint density at radius 2 is 0.758 bits per heavy atom. The summed E-state index contributed by atoms with van der Waals surface area (Å²) >= 11 is 1.86. The number of fused-ring (bicyclic) bond motifs is 7. The van der Waals surface area contributed by atoms with Crippen molar-refractivity contribution in [1.29, 1.82) is 0 Å². The van der Waals surface area contributed by atoms with E-state index in [-0.39, 0.29) is 0 Å². The molecule has 4 nitrogen and oxygen atoms in total. The zero-order valence-electron chi connectivity index (χ0n) is 33.5. The first-order chi connectivity index (χ1) is 30.7. The van der Waals surface area contributed by atoms with Gasteiger partial charge in [-0.05, 0) is 58.7 Å². The normalized spacial score (nSPS) is 11.5. The summed E-state index contributed by atoms with van der Waals surface area (Å²) in [6, 6.07) is 77.5. The third-order valence-electron chi connectivity index (χ3n) is 11.9. The molecule has 9 aromatic carbocycles. The Kier molecular flexibility index (Phi) is 8.65. The molecule has 0 bridgehead atoms. The van der Waals surface area contributed by atoms with Crippen molar-refractivity contribution in [2.75, 3.05) is 0 Å². The van der Waals surface area contributed by atoms with Gasteiger partial charge in [-0.25, -0.2) is 15.0 Å². The second kappa shape index (κ2) is 14.9. The molecule has 0 amide bonds. The Bertz CT molecular complexity index is 3540. The number of hydrogen-bond donors (Lipinski definition) is 0. The Balaban J connectivity index is 1.15. The average molecular weight is 809 g/mol. The van der Waals surface area contributed by atoms with E-state index in [2.05, 4.69) is 199 Å². The molecule has 0 atom stereocenters. The third kappa shape index (κ3) is 6.09. The molecule has 3 aromatic heterocycles. The Morgan fingerprint density at radius 3 is 1.37 bits per heavy atom. The van der Waals surface area contributed by atoms with Crippen LogP contribution in [0.1, 0.15) is 0 Å². The van der Waals surface area contributed by atoms with Gasteiger partial charge >= 0.3 is 0 Å². The minimum absolute atomic E-state index is 0.607. The molecule has 290 valence electrons. The molecule has 0 N–H and O–H groups in total. The van der Waals surface area contributed by atoms with Gasteiger partial charge in [-0.2, -0.15) is 0 Å². The molecule has 12 aromatic rings. The van der Waals surface area contributed by atoms with Crippen molar-refractivity contribution in [2.24, 2.45) is 0 Å². The first-order valence-electron chi connectivity index (χ1n) is 20.9. The largest absolute Gasteiger partial charge is 0.308 e. The van der Waals surface area contributed by atoms with Crippen LogP contribution in [0.4, 0.5) is 0 Å². The average Bonchev–Trinajstić information content (AvgIpc) is 3.90. The van der Waals surface area contributed by atoms with Gasteiger partial charge in [-0.3, -0.25) is 0 Å². The van der Waals surface area contributed by atoms with Gasteiger partial charge in [0.25, 0.3) is 0 Å². The molecule has 0 radical (unpaired) electrons. The van der Waals surface area contributed by atoms with E-state index in [0.29, 0.717) is 17.5 Å². The number of benzene rings is 9. The van der Waals surface area contributed by atoms with E-state index in [0.717, 1.165) is 61.2 Å². The number of aromatic nitrogens is 4. The van der Waals surface area contributed by atoms with E-state index < -0.39 is 0 Å². The topological polar surface area (TPSA) is 43.6 Å². The third-order valence-corrected chi connectivity index (χ3v) is 13.0. The summed E-state index contributed by atoms with van der Waals surface area (Å²) in [7, 11) is 0. The maximum Gasteiger partial charge on any atom is 0.164 e. The molecule has 0 unspecified atom stereocenters. The van der Waals surface area contributed by atoms with Crippen LogP contribution in [0, 0.1) is 0 Å². The highest BCUT2D eigenvalue weighted by molar-refractivity contribution is 7.26. The van der Waals surface area contributed by atoms with Crippen molar-refractivity contribution in [3.8, 4) is 73.2 Å². The van der Waals surface area contributed by atoms with Gasteiger partial charge in [0.2, 0.25) is 0 Å². The Hall–Kier alpha value is -7.99. The summed E-state index contributed by atoms with van der Waals surface area (Å²) in [6.07, 6.45) is 0. The van der Waals surface area contributed by atoms with Crippen LogP contribution >= 0.6 is 11.3 Å². The maximum atomic E-state index is 5.29. The fourth-order valence-electron chi connectivity index (χ4n) is 8.99. The van der Waals surface area contributed by atoms with Crippen LogP contribution in [-0.2, 0) is 0 Å². The molecule has 62 heavy (non-hydrogen) atoms. The molecular formula is C57H36N4S. The predicted octanol–water partition coefficient (Wildman–Crippen LogP) is 15.3. The molecule has 0 saturated carbocycles. The van der Waals surface area contributed by atoms with E-state index in [9.17, 15) is 0 Å². The second-order valence-electron chi connectivity index (χ2n) is 15.6. The SMILES string of the molecule is c1ccc(-c2ccc(-c3nc(-c4ccccc4)nc(-c4cc(-c5ccccc5)c(-n5c6ccccc6c6c7c(ccc65)sc5ccccc57)c(-c5ccccc5)c4)n3)cc2)cc1. The lowest BCUT2D eigenvalue weighted by molar-refractivity contribution is 1.07. The molecule has 0 fully saturated rings. The minimum Gasteiger partial charge on any atom is -0.308 e. The van der Waals surface area contributed by atoms with Crippen LogP contribution in [0.5, 0.6) is 0 Å². The molecular weight excluding hydrogens is 773 g/mol. The monoisotopic (exact) mass is 808 g/mol. The zero-order valence-corrected chi connectivity index (χ0v) is 34.3. The van der Waals surface area contributed by atoms with Crippen LogP contribution in [-0.4, -0.2) is 19.5 Å². The number of nitrogens with zero attached hydrogens (tertiary/aromatic N) is 4. The molecule has 0 saturated heterocycles. The maximum absolute atomic E-state index is 5.29. The fourth-order valence-corrected chi connectivity index (χ4v) is 10.1. The lowest BCUT2D eigenvalue weighted by Gasteiger charge is -2.21. The molecule has 3 heterocycles. The van der Waals surface area contributed by atoms with Gasteiger partial charge < -0.3 is 4.57 Å². The summed E-state index contributed by atoms with van der Waals surface area (Å²) in [4.78, 5) is 15.7. The van der Waals surface area contributed by atoms with Crippen LogP contribution in [0.3, 0.4) is 0 Å². The highest BCUT2D eigenvalue weighted by Crippen LogP contribution is 2.47. The van der Waals surface area contributed by atoms with E-state index in [4.69, 9.17) is 15.0 Å². The zero-order chi connectivity index (χ0) is 41.0. The van der Waals surface area contributed by atoms with Crippen LogP contribution in [0.15, 0.2) is 218 Å². The molecule has 0 aliphatic rings. The predicted molar refractivity (Wildman–Crippen MR) is 260 cm³/mol. The van der Waals surface area contributed by atoms with Gasteiger partial charge in [-0.15, -0.1) is 11.3 Å². The standard InChI is InChI=1S/C57H36N4S/c1-5-17-37(18-6-1)38-29-31-42(32-30-38)56-58-55(41-23-11-4-12-24-41)59-57(60-56)43-35-46(39-19-7-2-8-20-39)54(47(36-43)40-21-9-3-10-22-40)61-48-27-15-13-25-44(48)52-49(61)33-34-51-53(52)45-26-14-16-28-50(45)62-51/h1-36H. The molecule has 0 aliphatic heterocycles. The van der Waals surface area contributed by atoms with Crippen molar-refractivity contribution in [2.45, 2.75) is 0 Å². The van der Waals surface area contributed by atoms with E-state index in [1.807, 2.05) is 35.6 Å². The Labute approximate surface area is 362 Å². The lowest BCUT2D eigenvalue weighted by atomic mass is 9.92. The smallest absolute Gasteiger partial charge is 0.164 e. The van der Waals surface area contributed by atoms with Crippen LogP contribution < -0.4 is 0 Å². The summed E-state index contributed by atoms with van der Waals surface area (Å²) in [5.41, 5.74) is 12.8. The summed E-state index contributed by atoms with van der Waals surface area (Å²) in [5.74, 6) is 1.85. The fraction of sp³-hybridized carbons (Fsp3) is 0. The number of rotatable bonds is 7. The molecule has 12 rings (SSSR count). The molecule has 0 spiro atoms. The van der Waals surface area contributed by atoms with E-state index in [1.165, 1.54) is 36.5 Å². The molecule has 0 aliphatic carbocycles. The van der Waals surface area contributed by atoms with Gasteiger partial charge in [0, 0.05) is 58.8 Å². The quantitative estimate of drug-likeness (QED) is 0.161. The van der Waals surface area contributed by atoms with Gasteiger partial charge in [0.15, 0.2) is 17.5 Å². The van der Waals surface area contributed by atoms with Crippen molar-refractivity contribution in [1.82, 2.24) is 19.5 Å².